The fourth-order valence-corrected chi connectivity index (χ4v) is 2.68. The summed E-state index contributed by atoms with van der Waals surface area (Å²) >= 11 is 0. The summed E-state index contributed by atoms with van der Waals surface area (Å²) in [6.45, 7) is 1.91. The highest BCUT2D eigenvalue weighted by atomic mass is 35.5. The molecule has 5 N–H and O–H groups in total. The lowest BCUT2D eigenvalue weighted by Gasteiger charge is -2.37. The smallest absolute Gasteiger partial charge is 0.239 e. The van der Waals surface area contributed by atoms with Gasteiger partial charge in [0.05, 0.1) is 5.92 Å². The number of primary amides is 1. The van der Waals surface area contributed by atoms with Crippen LogP contribution in [-0.2, 0) is 16.1 Å². The summed E-state index contributed by atoms with van der Waals surface area (Å²) in [6.07, 6.45) is 5.32. The van der Waals surface area contributed by atoms with Gasteiger partial charge in [-0.3, -0.25) is 14.3 Å². The van der Waals surface area contributed by atoms with Crippen LogP contribution in [0.4, 0.5) is 5.82 Å². The van der Waals surface area contributed by atoms with Gasteiger partial charge in [-0.25, -0.2) is 0 Å². The van der Waals surface area contributed by atoms with Crippen LogP contribution in [0.15, 0.2) is 12.3 Å². The van der Waals surface area contributed by atoms with Crippen molar-refractivity contribution >= 4 is 30.0 Å². The van der Waals surface area contributed by atoms with Gasteiger partial charge in [-0.2, -0.15) is 5.10 Å². The number of nitrogens with zero attached hydrogens (tertiary/aromatic N) is 2. The molecule has 2 rings (SSSR count). The van der Waals surface area contributed by atoms with Gasteiger partial charge >= 0.3 is 0 Å². The van der Waals surface area contributed by atoms with E-state index in [-0.39, 0.29) is 30.8 Å². The topological polar surface area (TPSA) is 116 Å². The van der Waals surface area contributed by atoms with Gasteiger partial charge in [-0.1, -0.05) is 12.8 Å². The summed E-state index contributed by atoms with van der Waals surface area (Å²) in [4.78, 5) is 23.1. The van der Waals surface area contributed by atoms with Crippen LogP contribution in [0.5, 0.6) is 0 Å². The van der Waals surface area contributed by atoms with Crippen molar-refractivity contribution in [3.8, 4) is 0 Å². The maximum absolute atomic E-state index is 12.3. The van der Waals surface area contributed by atoms with E-state index in [2.05, 4.69) is 10.4 Å². The first-order valence-corrected chi connectivity index (χ1v) is 6.80. The van der Waals surface area contributed by atoms with Crippen molar-refractivity contribution in [1.29, 1.82) is 0 Å². The van der Waals surface area contributed by atoms with Crippen LogP contribution in [-0.4, -0.2) is 27.1 Å². The van der Waals surface area contributed by atoms with Gasteiger partial charge in [0.25, 0.3) is 0 Å². The summed E-state index contributed by atoms with van der Waals surface area (Å²) in [5.41, 5.74) is 10.8. The quantitative estimate of drug-likeness (QED) is 0.755. The molecule has 0 aliphatic heterocycles. The third-order valence-electron chi connectivity index (χ3n) is 3.78. The van der Waals surface area contributed by atoms with Gasteiger partial charge in [0.15, 0.2) is 5.82 Å². The Hall–Kier alpha value is -1.60. The Morgan fingerprint density at radius 1 is 1.52 bits per heavy atom. The van der Waals surface area contributed by atoms with Crippen LogP contribution in [0.25, 0.3) is 0 Å². The number of carbonyl (C=O) groups excluding carboxylic acids is 2. The predicted molar refractivity (Wildman–Crippen MR) is 81.8 cm³/mol. The maximum atomic E-state index is 12.3. The Bertz CT molecular complexity index is 514. The lowest BCUT2D eigenvalue weighted by atomic mass is 9.74. The summed E-state index contributed by atoms with van der Waals surface area (Å²) < 4.78 is 1.39. The molecule has 0 saturated heterocycles. The van der Waals surface area contributed by atoms with Crippen molar-refractivity contribution in [1.82, 2.24) is 9.78 Å². The molecule has 2 unspecified atom stereocenters. The van der Waals surface area contributed by atoms with Crippen molar-refractivity contribution in [3.05, 3.63) is 12.3 Å². The third kappa shape index (κ3) is 4.44. The number of nitrogens with two attached hydrogens (primary N) is 2. The minimum absolute atomic E-state index is 0. The molecular weight excluding hydrogens is 294 g/mol. The minimum atomic E-state index is -0.479. The fraction of sp³-hybridized carbons (Fsp3) is 0.615. The van der Waals surface area contributed by atoms with Crippen LogP contribution >= 0.6 is 12.4 Å². The Morgan fingerprint density at radius 3 is 2.86 bits per heavy atom. The number of anilines is 1. The maximum Gasteiger partial charge on any atom is 0.239 e. The van der Waals surface area contributed by atoms with Crippen molar-refractivity contribution in [2.24, 2.45) is 17.4 Å². The first kappa shape index (κ1) is 17.5. The Labute approximate surface area is 129 Å². The van der Waals surface area contributed by atoms with Gasteiger partial charge in [0.1, 0.15) is 6.54 Å². The lowest BCUT2D eigenvalue weighted by Crippen LogP contribution is -2.51. The third-order valence-corrected chi connectivity index (χ3v) is 3.78. The van der Waals surface area contributed by atoms with Crippen molar-refractivity contribution in [3.63, 3.8) is 0 Å². The highest BCUT2D eigenvalue weighted by Crippen LogP contribution is 2.32. The number of rotatable bonds is 4. The molecule has 8 heteroatoms. The molecule has 1 aromatic rings. The van der Waals surface area contributed by atoms with E-state index in [4.69, 9.17) is 11.5 Å². The van der Waals surface area contributed by atoms with Crippen LogP contribution in [0, 0.1) is 5.92 Å². The van der Waals surface area contributed by atoms with E-state index in [1.807, 2.05) is 6.92 Å². The molecule has 7 nitrogen and oxygen atoms in total. The van der Waals surface area contributed by atoms with E-state index in [0.29, 0.717) is 5.82 Å². The summed E-state index contributed by atoms with van der Waals surface area (Å²) in [6, 6.07) is 1.64. The normalized spacial score (nSPS) is 25.0. The predicted octanol–water partition coefficient (Wildman–Crippen LogP) is 0.636. The van der Waals surface area contributed by atoms with E-state index in [1.54, 1.807) is 12.3 Å². The van der Waals surface area contributed by atoms with Gasteiger partial charge in [0, 0.05) is 17.8 Å². The second-order valence-corrected chi connectivity index (χ2v) is 5.66. The standard InChI is InChI=1S/C13H21N5O2.ClH/c1-13(15)6-3-2-4-9(13)12(20)16-11-5-7-18(17-11)8-10(14)19;/h5,7,9H,2-4,6,8,15H2,1H3,(H2,14,19)(H,16,17,20);1H. The van der Waals surface area contributed by atoms with Crippen LogP contribution < -0.4 is 16.8 Å². The zero-order chi connectivity index (χ0) is 14.8. The molecule has 2 atom stereocenters. The summed E-state index contributed by atoms with van der Waals surface area (Å²) in [5.74, 6) is -0.387. The van der Waals surface area contributed by atoms with Gasteiger partial charge in [-0.05, 0) is 19.8 Å². The Balaban J connectivity index is 0.00000220. The second-order valence-electron chi connectivity index (χ2n) is 5.66. The highest BCUT2D eigenvalue weighted by Gasteiger charge is 2.37. The zero-order valence-corrected chi connectivity index (χ0v) is 12.9. The van der Waals surface area contributed by atoms with E-state index in [0.717, 1.165) is 25.7 Å². The Morgan fingerprint density at radius 2 is 2.24 bits per heavy atom. The molecule has 1 fully saturated rings. The number of aromatic nitrogens is 2. The Kier molecular flexibility index (Phi) is 5.74. The summed E-state index contributed by atoms with van der Waals surface area (Å²) in [5, 5.41) is 6.83. The molecule has 21 heavy (non-hydrogen) atoms. The molecule has 1 aromatic heterocycles. The van der Waals surface area contributed by atoms with Crippen LogP contribution in [0.3, 0.4) is 0 Å². The molecule has 1 heterocycles. The molecular formula is C13H22ClN5O2. The number of halogens is 1. The molecule has 118 valence electrons. The zero-order valence-electron chi connectivity index (χ0n) is 12.0. The molecule has 0 aromatic carbocycles. The number of hydrogen-bond donors (Lipinski definition) is 3. The van der Waals surface area contributed by atoms with Crippen LogP contribution in [0.1, 0.15) is 32.6 Å². The molecule has 0 spiro atoms. The SMILES string of the molecule is CC1(N)CCCCC1C(=O)Nc1ccn(CC(N)=O)n1.Cl. The van der Waals surface area contributed by atoms with E-state index >= 15 is 0 Å². The fourth-order valence-electron chi connectivity index (χ4n) is 2.68. The lowest BCUT2D eigenvalue weighted by molar-refractivity contribution is -0.123. The first-order valence-electron chi connectivity index (χ1n) is 6.80. The van der Waals surface area contributed by atoms with E-state index in [9.17, 15) is 9.59 Å². The average molecular weight is 316 g/mol. The molecule has 0 bridgehead atoms. The van der Waals surface area contributed by atoms with Crippen molar-refractivity contribution in [2.45, 2.75) is 44.7 Å². The first-order chi connectivity index (χ1) is 9.38. The van der Waals surface area contributed by atoms with Crippen molar-refractivity contribution in [2.75, 3.05) is 5.32 Å². The van der Waals surface area contributed by atoms with Crippen molar-refractivity contribution < 1.29 is 9.59 Å². The molecule has 0 radical (unpaired) electrons. The number of amides is 2. The number of hydrogen-bond acceptors (Lipinski definition) is 4. The average Bonchev–Trinajstić information content (AvgIpc) is 2.74. The highest BCUT2D eigenvalue weighted by molar-refractivity contribution is 5.92. The molecule has 1 aliphatic rings. The van der Waals surface area contributed by atoms with Crippen LogP contribution in [0.2, 0.25) is 0 Å². The number of nitrogens with one attached hydrogen (secondary N) is 1. The minimum Gasteiger partial charge on any atom is -0.368 e. The molecule has 1 aliphatic carbocycles. The van der Waals surface area contributed by atoms with E-state index in [1.165, 1.54) is 4.68 Å². The molecule has 1 saturated carbocycles. The molecule has 2 amide bonds. The van der Waals surface area contributed by atoms with E-state index < -0.39 is 11.4 Å². The number of carbonyl (C=O) groups is 2. The van der Waals surface area contributed by atoms with Gasteiger partial charge < -0.3 is 16.8 Å². The largest absolute Gasteiger partial charge is 0.368 e. The second kappa shape index (κ2) is 6.91. The summed E-state index contributed by atoms with van der Waals surface area (Å²) in [7, 11) is 0. The monoisotopic (exact) mass is 315 g/mol. The van der Waals surface area contributed by atoms with Gasteiger partial charge in [-0.15, -0.1) is 12.4 Å². The van der Waals surface area contributed by atoms with Gasteiger partial charge in [0.2, 0.25) is 11.8 Å².